The number of esters is 1. The fourth-order valence-electron chi connectivity index (χ4n) is 2.55. The van der Waals surface area contributed by atoms with Crippen LogP contribution in [0, 0.1) is 0 Å². The maximum absolute atomic E-state index is 12.3. The summed E-state index contributed by atoms with van der Waals surface area (Å²) < 4.78 is 5.54. The Bertz CT molecular complexity index is 938. The van der Waals surface area contributed by atoms with Gasteiger partial charge in [-0.25, -0.2) is 9.59 Å². The second-order valence-corrected chi connectivity index (χ2v) is 5.92. The molecular weight excluding hydrogens is 330 g/mol. The Morgan fingerprint density at radius 1 is 1.15 bits per heavy atom. The van der Waals surface area contributed by atoms with Crippen LogP contribution in [0.25, 0.3) is 10.9 Å². The van der Waals surface area contributed by atoms with Gasteiger partial charge in [-0.1, -0.05) is 30.3 Å². The number of ether oxygens (including phenoxy) is 1. The number of nitrogens with one attached hydrogen (secondary N) is 1. The predicted molar refractivity (Wildman–Crippen MR) is 98.4 cm³/mol. The zero-order chi connectivity index (χ0) is 18.5. The fraction of sp³-hybridized carbons (Fsp3) is 0.150. The van der Waals surface area contributed by atoms with Crippen molar-refractivity contribution in [3.8, 4) is 0 Å². The van der Waals surface area contributed by atoms with Crippen molar-refractivity contribution in [3.63, 3.8) is 0 Å². The van der Waals surface area contributed by atoms with Gasteiger partial charge < -0.3 is 15.8 Å². The van der Waals surface area contributed by atoms with Crippen molar-refractivity contribution in [2.24, 2.45) is 5.73 Å². The lowest BCUT2D eigenvalue weighted by Crippen LogP contribution is -2.28. The van der Waals surface area contributed by atoms with Crippen LogP contribution in [0.2, 0.25) is 0 Å². The first-order chi connectivity index (χ1) is 12.5. The quantitative estimate of drug-likeness (QED) is 0.691. The molecule has 0 unspecified atom stereocenters. The molecule has 0 aliphatic heterocycles. The molecule has 3 N–H and O–H groups in total. The molecule has 2 aromatic carbocycles. The van der Waals surface area contributed by atoms with Crippen LogP contribution in [-0.4, -0.2) is 17.0 Å². The number of nitrogens with zero attached hydrogens (tertiary/aromatic N) is 1. The van der Waals surface area contributed by atoms with E-state index in [9.17, 15) is 9.59 Å². The molecule has 0 radical (unpaired) electrons. The van der Waals surface area contributed by atoms with E-state index in [1.165, 1.54) is 0 Å². The Kier molecular flexibility index (Phi) is 5.12. The molecule has 1 aromatic heterocycles. The maximum atomic E-state index is 12.3. The van der Waals surface area contributed by atoms with E-state index in [2.05, 4.69) is 10.3 Å². The highest BCUT2D eigenvalue weighted by Gasteiger charge is 2.14. The van der Waals surface area contributed by atoms with E-state index in [4.69, 9.17) is 10.5 Å². The predicted octanol–water partition coefficient (Wildman–Crippen LogP) is 3.32. The number of aromatic nitrogens is 1. The number of hydrogen-bond donors (Lipinski definition) is 2. The van der Waals surface area contributed by atoms with E-state index in [1.54, 1.807) is 30.5 Å². The molecule has 0 spiro atoms. The van der Waals surface area contributed by atoms with Crippen molar-refractivity contribution < 1.29 is 14.3 Å². The molecule has 26 heavy (non-hydrogen) atoms. The summed E-state index contributed by atoms with van der Waals surface area (Å²) in [6, 6.07) is 16.0. The normalized spacial score (nSPS) is 11.7. The number of amides is 2. The van der Waals surface area contributed by atoms with Crippen molar-refractivity contribution in [2.45, 2.75) is 19.6 Å². The van der Waals surface area contributed by atoms with Crippen molar-refractivity contribution in [2.75, 3.05) is 0 Å². The molecule has 0 aliphatic rings. The van der Waals surface area contributed by atoms with Crippen molar-refractivity contribution in [1.29, 1.82) is 0 Å². The zero-order valence-corrected chi connectivity index (χ0v) is 14.3. The van der Waals surface area contributed by atoms with E-state index in [-0.39, 0.29) is 0 Å². The van der Waals surface area contributed by atoms with Crippen LogP contribution in [0.5, 0.6) is 0 Å². The second-order valence-electron chi connectivity index (χ2n) is 5.92. The van der Waals surface area contributed by atoms with Gasteiger partial charge in [0.25, 0.3) is 0 Å². The number of nitrogens with two attached hydrogens (primary N) is 1. The molecule has 0 aliphatic carbocycles. The highest BCUT2D eigenvalue weighted by Crippen LogP contribution is 2.22. The summed E-state index contributed by atoms with van der Waals surface area (Å²) in [6.45, 7) is 2.12. The summed E-state index contributed by atoms with van der Waals surface area (Å²) in [7, 11) is 0. The molecule has 3 aromatic rings. The van der Waals surface area contributed by atoms with E-state index in [1.807, 2.05) is 37.3 Å². The average Bonchev–Trinajstić information content (AvgIpc) is 2.66. The van der Waals surface area contributed by atoms with Crippen LogP contribution >= 0.6 is 0 Å². The number of urea groups is 1. The number of rotatable bonds is 5. The van der Waals surface area contributed by atoms with E-state index < -0.39 is 18.1 Å². The van der Waals surface area contributed by atoms with E-state index >= 15 is 0 Å². The lowest BCUT2D eigenvalue weighted by Gasteiger charge is -2.14. The highest BCUT2D eigenvalue weighted by atomic mass is 16.5. The van der Waals surface area contributed by atoms with Crippen molar-refractivity contribution >= 4 is 22.9 Å². The first-order valence-corrected chi connectivity index (χ1v) is 8.21. The van der Waals surface area contributed by atoms with Crippen LogP contribution in [0.15, 0.2) is 60.8 Å². The third-order valence-corrected chi connectivity index (χ3v) is 4.02. The van der Waals surface area contributed by atoms with Gasteiger partial charge in [-0.05, 0) is 36.8 Å². The Hall–Kier alpha value is -3.41. The molecule has 132 valence electrons. The highest BCUT2D eigenvalue weighted by molar-refractivity contribution is 5.89. The summed E-state index contributed by atoms with van der Waals surface area (Å²) in [5.74, 6) is -0.417. The van der Waals surface area contributed by atoms with Gasteiger partial charge in [-0.3, -0.25) is 4.98 Å². The first-order valence-electron chi connectivity index (χ1n) is 8.21. The first kappa shape index (κ1) is 17.4. The van der Waals surface area contributed by atoms with Gasteiger partial charge in [0.2, 0.25) is 0 Å². The minimum Gasteiger partial charge on any atom is -0.454 e. The lowest BCUT2D eigenvalue weighted by atomic mass is 10.1. The number of hydrogen-bond acceptors (Lipinski definition) is 4. The Morgan fingerprint density at radius 3 is 2.62 bits per heavy atom. The number of pyridine rings is 1. The minimum absolute atomic E-state index is 0.309. The third kappa shape index (κ3) is 4.16. The zero-order valence-electron chi connectivity index (χ0n) is 14.3. The maximum Gasteiger partial charge on any atom is 0.338 e. The molecule has 0 saturated carbocycles. The molecule has 6 heteroatoms. The van der Waals surface area contributed by atoms with Gasteiger partial charge in [-0.15, -0.1) is 0 Å². The smallest absolute Gasteiger partial charge is 0.338 e. The summed E-state index contributed by atoms with van der Waals surface area (Å²) in [6.07, 6.45) is 1.30. The molecule has 3 rings (SSSR count). The molecule has 1 heterocycles. The molecule has 0 saturated heterocycles. The number of benzene rings is 2. The van der Waals surface area contributed by atoms with Gasteiger partial charge in [0, 0.05) is 23.7 Å². The number of primary amides is 1. The fourth-order valence-corrected chi connectivity index (χ4v) is 2.55. The van der Waals surface area contributed by atoms with Gasteiger partial charge in [0.1, 0.15) is 6.10 Å². The molecule has 0 bridgehead atoms. The van der Waals surface area contributed by atoms with Crippen molar-refractivity contribution in [3.05, 3.63) is 77.5 Å². The second kappa shape index (κ2) is 7.65. The number of carbonyl (C=O) groups excluding carboxylic acids is 2. The van der Waals surface area contributed by atoms with Gasteiger partial charge in [-0.2, -0.15) is 0 Å². The third-order valence-electron chi connectivity index (χ3n) is 4.02. The average molecular weight is 349 g/mol. The van der Waals surface area contributed by atoms with Crippen molar-refractivity contribution in [1.82, 2.24) is 10.3 Å². The largest absolute Gasteiger partial charge is 0.454 e. The van der Waals surface area contributed by atoms with Gasteiger partial charge in [0.15, 0.2) is 0 Å². The number of fused-ring (bicyclic) bond motifs is 1. The molecule has 2 amide bonds. The summed E-state index contributed by atoms with van der Waals surface area (Å²) in [5, 5.41) is 3.49. The Labute approximate surface area is 151 Å². The van der Waals surface area contributed by atoms with Crippen LogP contribution in [0.1, 0.15) is 34.5 Å². The molecule has 1 atom stereocenters. The lowest BCUT2D eigenvalue weighted by molar-refractivity contribution is 0.0337. The summed E-state index contributed by atoms with van der Waals surface area (Å²) in [4.78, 5) is 27.4. The van der Waals surface area contributed by atoms with Gasteiger partial charge >= 0.3 is 12.0 Å². The molecule has 6 nitrogen and oxygen atoms in total. The van der Waals surface area contributed by atoms with Crippen LogP contribution < -0.4 is 11.1 Å². The Balaban J connectivity index is 1.67. The topological polar surface area (TPSA) is 94.3 Å². The van der Waals surface area contributed by atoms with Crippen LogP contribution in [0.3, 0.4) is 0 Å². The van der Waals surface area contributed by atoms with Crippen LogP contribution in [-0.2, 0) is 11.3 Å². The number of para-hydroxylation sites is 1. The van der Waals surface area contributed by atoms with E-state index in [0.717, 1.165) is 22.0 Å². The summed E-state index contributed by atoms with van der Waals surface area (Å²) in [5.41, 5.74) is 8.04. The standard InChI is InChI=1S/C20H19N3O3/c1-13(17-10-16-4-2-3-5-18(16)22-12-17)26-19(24)15-8-6-14(7-9-15)11-23-20(21)25/h2-10,12-13H,11H2,1H3,(H3,21,23,25)/t13-/m0/s1. The van der Waals surface area contributed by atoms with Crippen LogP contribution in [0.4, 0.5) is 4.79 Å². The number of carbonyl (C=O) groups is 2. The van der Waals surface area contributed by atoms with E-state index in [0.29, 0.717) is 12.1 Å². The minimum atomic E-state index is -0.591. The van der Waals surface area contributed by atoms with Gasteiger partial charge in [0.05, 0.1) is 11.1 Å². The molecular formula is C20H19N3O3. The Morgan fingerprint density at radius 2 is 1.88 bits per heavy atom. The monoisotopic (exact) mass is 349 g/mol. The molecule has 0 fully saturated rings. The SMILES string of the molecule is C[C@H](OC(=O)c1ccc(CNC(N)=O)cc1)c1cnc2ccccc2c1. The summed E-state index contributed by atoms with van der Waals surface area (Å²) >= 11 is 0.